The summed E-state index contributed by atoms with van der Waals surface area (Å²) in [5.74, 6) is -0.839. The average molecular weight is 463 g/mol. The summed E-state index contributed by atoms with van der Waals surface area (Å²) in [4.78, 5) is 14.3. The Morgan fingerprint density at radius 3 is 2.50 bits per heavy atom. The molecular formula is C19H18ClF3N2O4S. The van der Waals surface area contributed by atoms with E-state index in [-0.39, 0.29) is 21.2 Å². The van der Waals surface area contributed by atoms with E-state index in [9.17, 15) is 26.4 Å². The van der Waals surface area contributed by atoms with Crippen LogP contribution in [-0.4, -0.2) is 45.6 Å². The minimum atomic E-state index is -4.81. The number of halogens is 4. The summed E-state index contributed by atoms with van der Waals surface area (Å²) in [6.45, 7) is 0.337. The Hall–Kier alpha value is -2.30. The van der Waals surface area contributed by atoms with Gasteiger partial charge in [0.2, 0.25) is 10.0 Å². The van der Waals surface area contributed by atoms with Gasteiger partial charge in [-0.05, 0) is 54.8 Å². The topological polar surface area (TPSA) is 66.9 Å². The zero-order chi connectivity index (χ0) is 22.3. The fourth-order valence-corrected chi connectivity index (χ4v) is 4.56. The van der Waals surface area contributed by atoms with Gasteiger partial charge >= 0.3 is 6.36 Å². The summed E-state index contributed by atoms with van der Waals surface area (Å²) >= 11 is 6.03. The lowest BCUT2D eigenvalue weighted by atomic mass is 10.0. The maximum atomic E-state index is 13.1. The predicted molar refractivity (Wildman–Crippen MR) is 105 cm³/mol. The monoisotopic (exact) mass is 462 g/mol. The van der Waals surface area contributed by atoms with Gasteiger partial charge in [-0.25, -0.2) is 12.7 Å². The summed E-state index contributed by atoms with van der Waals surface area (Å²) in [7, 11) is -1.17. The minimum absolute atomic E-state index is 0.0202. The zero-order valence-corrected chi connectivity index (χ0v) is 17.6. The van der Waals surface area contributed by atoms with E-state index in [0.29, 0.717) is 30.6 Å². The van der Waals surface area contributed by atoms with Crippen molar-refractivity contribution in [1.82, 2.24) is 4.31 Å². The van der Waals surface area contributed by atoms with E-state index < -0.39 is 22.3 Å². The molecular weight excluding hydrogens is 445 g/mol. The first-order chi connectivity index (χ1) is 13.9. The molecule has 2 aromatic rings. The molecule has 1 heterocycles. The smallest absolute Gasteiger partial charge is 0.406 e. The van der Waals surface area contributed by atoms with Crippen LogP contribution in [0, 0.1) is 0 Å². The second kappa shape index (κ2) is 8.09. The third-order valence-corrected chi connectivity index (χ3v) is 6.88. The number of alkyl halides is 3. The number of amides is 1. The highest BCUT2D eigenvalue weighted by Crippen LogP contribution is 2.34. The molecule has 1 aliphatic heterocycles. The van der Waals surface area contributed by atoms with E-state index in [0.717, 1.165) is 10.4 Å². The molecule has 6 nitrogen and oxygen atoms in total. The molecule has 0 fully saturated rings. The number of hydrogen-bond donors (Lipinski definition) is 0. The molecule has 1 amide bonds. The predicted octanol–water partition coefficient (Wildman–Crippen LogP) is 4.08. The van der Waals surface area contributed by atoms with Crippen molar-refractivity contribution >= 4 is 33.2 Å². The highest BCUT2D eigenvalue weighted by molar-refractivity contribution is 7.89. The van der Waals surface area contributed by atoms with Crippen LogP contribution in [-0.2, 0) is 16.4 Å². The number of benzene rings is 2. The third kappa shape index (κ3) is 4.55. The van der Waals surface area contributed by atoms with E-state index in [2.05, 4.69) is 4.74 Å². The molecule has 30 heavy (non-hydrogen) atoms. The molecule has 0 atom stereocenters. The van der Waals surface area contributed by atoms with E-state index in [1.807, 2.05) is 0 Å². The number of carbonyl (C=O) groups excluding carboxylic acids is 1. The number of rotatable bonds is 4. The fourth-order valence-electron chi connectivity index (χ4n) is 3.17. The number of nitrogens with zero attached hydrogens (tertiary/aromatic N) is 2. The van der Waals surface area contributed by atoms with Crippen molar-refractivity contribution in [2.75, 3.05) is 25.5 Å². The van der Waals surface area contributed by atoms with Crippen molar-refractivity contribution in [3.05, 3.63) is 52.5 Å². The number of aryl methyl sites for hydroxylation is 1. The van der Waals surface area contributed by atoms with E-state index >= 15 is 0 Å². The second-order valence-corrected chi connectivity index (χ2v) is 9.36. The Morgan fingerprint density at radius 1 is 1.17 bits per heavy atom. The Balaban J connectivity index is 1.96. The zero-order valence-electron chi connectivity index (χ0n) is 16.0. The maximum absolute atomic E-state index is 13.1. The average Bonchev–Trinajstić information content (AvgIpc) is 2.65. The van der Waals surface area contributed by atoms with E-state index in [1.54, 1.807) is 0 Å². The molecule has 0 aliphatic carbocycles. The lowest BCUT2D eigenvalue weighted by Crippen LogP contribution is -2.35. The van der Waals surface area contributed by atoms with Crippen LogP contribution in [0.1, 0.15) is 22.3 Å². The lowest BCUT2D eigenvalue weighted by Gasteiger charge is -2.30. The van der Waals surface area contributed by atoms with Gasteiger partial charge in [0, 0.05) is 31.9 Å². The minimum Gasteiger partial charge on any atom is -0.406 e. The molecule has 162 valence electrons. The Labute approximate surface area is 176 Å². The van der Waals surface area contributed by atoms with Crippen molar-refractivity contribution in [2.45, 2.75) is 24.1 Å². The molecule has 0 N–H and O–H groups in total. The van der Waals surface area contributed by atoms with Crippen molar-refractivity contribution < 1.29 is 31.1 Å². The van der Waals surface area contributed by atoms with Crippen LogP contribution in [0.4, 0.5) is 18.9 Å². The van der Waals surface area contributed by atoms with E-state index in [4.69, 9.17) is 11.6 Å². The van der Waals surface area contributed by atoms with Crippen molar-refractivity contribution in [3.63, 3.8) is 0 Å². The summed E-state index contributed by atoms with van der Waals surface area (Å²) < 4.78 is 67.3. The molecule has 2 aromatic carbocycles. The summed E-state index contributed by atoms with van der Waals surface area (Å²) in [5.41, 5.74) is 1.09. The molecule has 0 radical (unpaired) electrons. The summed E-state index contributed by atoms with van der Waals surface area (Å²) in [6, 6.07) is 7.73. The fraction of sp³-hybridized carbons (Fsp3) is 0.316. The van der Waals surface area contributed by atoms with Gasteiger partial charge in [0.05, 0.1) is 5.02 Å². The lowest BCUT2D eigenvalue weighted by molar-refractivity contribution is -0.274. The summed E-state index contributed by atoms with van der Waals surface area (Å²) in [5, 5.41) is -0.0202. The van der Waals surface area contributed by atoms with Crippen LogP contribution in [0.5, 0.6) is 5.75 Å². The molecule has 0 aromatic heterocycles. The highest BCUT2D eigenvalue weighted by atomic mass is 35.5. The quantitative estimate of drug-likeness (QED) is 0.686. The number of carbonyl (C=O) groups is 1. The van der Waals surface area contributed by atoms with Gasteiger partial charge in [-0.15, -0.1) is 13.2 Å². The van der Waals surface area contributed by atoms with Crippen LogP contribution in [0.2, 0.25) is 5.02 Å². The van der Waals surface area contributed by atoms with Gasteiger partial charge in [0.25, 0.3) is 5.91 Å². The standard InChI is InChI=1S/C19H18ClF3N2O4S/c1-24(2)30(27,28)17-11-13(5-7-15(17)20)18(26)25-9-3-4-12-10-14(6-8-16(12)25)29-19(21,22)23/h5-8,10-11H,3-4,9H2,1-2H3. The van der Waals surface area contributed by atoms with Crippen LogP contribution in [0.25, 0.3) is 0 Å². The van der Waals surface area contributed by atoms with Gasteiger partial charge in [-0.2, -0.15) is 0 Å². The molecule has 1 aliphatic rings. The van der Waals surface area contributed by atoms with Crippen molar-refractivity contribution in [1.29, 1.82) is 0 Å². The largest absolute Gasteiger partial charge is 0.573 e. The molecule has 11 heteroatoms. The van der Waals surface area contributed by atoms with Gasteiger partial charge in [0.15, 0.2) is 0 Å². The molecule has 0 saturated heterocycles. The van der Waals surface area contributed by atoms with Crippen LogP contribution in [0.15, 0.2) is 41.3 Å². The van der Waals surface area contributed by atoms with Gasteiger partial charge in [-0.3, -0.25) is 4.79 Å². The number of sulfonamides is 1. The number of ether oxygens (including phenoxy) is 1. The Morgan fingerprint density at radius 2 is 1.87 bits per heavy atom. The van der Waals surface area contributed by atoms with Gasteiger partial charge < -0.3 is 9.64 Å². The van der Waals surface area contributed by atoms with Crippen LogP contribution >= 0.6 is 11.6 Å². The molecule has 0 bridgehead atoms. The first-order valence-corrected chi connectivity index (χ1v) is 10.6. The number of hydrogen-bond acceptors (Lipinski definition) is 4. The Bertz CT molecular complexity index is 1090. The molecule has 0 saturated carbocycles. The molecule has 3 rings (SSSR count). The highest BCUT2D eigenvalue weighted by Gasteiger charge is 2.32. The van der Waals surface area contributed by atoms with Gasteiger partial charge in [-0.1, -0.05) is 11.6 Å². The first-order valence-electron chi connectivity index (χ1n) is 8.83. The van der Waals surface area contributed by atoms with Crippen molar-refractivity contribution in [3.8, 4) is 5.75 Å². The normalized spacial score (nSPS) is 14.6. The van der Waals surface area contributed by atoms with Crippen molar-refractivity contribution in [2.24, 2.45) is 0 Å². The number of anilines is 1. The first kappa shape index (κ1) is 22.4. The third-order valence-electron chi connectivity index (χ3n) is 4.59. The maximum Gasteiger partial charge on any atom is 0.573 e. The molecule has 0 unspecified atom stereocenters. The Kier molecular flexibility index (Phi) is 6.03. The van der Waals surface area contributed by atoms with Crippen LogP contribution < -0.4 is 9.64 Å². The van der Waals surface area contributed by atoms with Crippen LogP contribution in [0.3, 0.4) is 0 Å². The number of fused-ring (bicyclic) bond motifs is 1. The second-order valence-electron chi connectivity index (χ2n) is 6.83. The SMILES string of the molecule is CN(C)S(=O)(=O)c1cc(C(=O)N2CCCc3cc(OC(F)(F)F)ccc32)ccc1Cl. The van der Waals surface area contributed by atoms with E-state index in [1.165, 1.54) is 49.3 Å². The summed E-state index contributed by atoms with van der Waals surface area (Å²) in [6.07, 6.45) is -3.80. The molecule has 0 spiro atoms. The van der Waals surface area contributed by atoms with Gasteiger partial charge in [0.1, 0.15) is 10.6 Å².